The Morgan fingerprint density at radius 2 is 2.13 bits per heavy atom. The van der Waals surface area contributed by atoms with Crippen LogP contribution in [0, 0.1) is 11.6 Å². The maximum atomic E-state index is 13.0. The van der Waals surface area contributed by atoms with Crippen LogP contribution in [0.1, 0.15) is 6.42 Å². The second-order valence-corrected chi connectivity index (χ2v) is 3.15. The Balaban J connectivity index is 2.46. The van der Waals surface area contributed by atoms with Gasteiger partial charge in [0, 0.05) is 12.1 Å². The molecule has 0 radical (unpaired) electrons. The first-order valence-corrected chi connectivity index (χ1v) is 4.57. The van der Waals surface area contributed by atoms with Crippen molar-refractivity contribution in [3.8, 4) is 5.75 Å². The molecule has 0 bridgehead atoms. The van der Waals surface area contributed by atoms with Gasteiger partial charge in [-0.1, -0.05) is 0 Å². The van der Waals surface area contributed by atoms with Gasteiger partial charge in [-0.15, -0.1) is 0 Å². The van der Waals surface area contributed by atoms with Crippen molar-refractivity contribution in [1.82, 2.24) is 0 Å². The van der Waals surface area contributed by atoms with Crippen LogP contribution in [-0.2, 0) is 0 Å². The van der Waals surface area contributed by atoms with Crippen molar-refractivity contribution in [2.24, 2.45) is 5.73 Å². The van der Waals surface area contributed by atoms with Crippen LogP contribution in [0.15, 0.2) is 18.2 Å². The summed E-state index contributed by atoms with van der Waals surface area (Å²) in [5.41, 5.74) is 5.41. The van der Waals surface area contributed by atoms with E-state index < -0.39 is 17.7 Å². The molecule has 15 heavy (non-hydrogen) atoms. The molecule has 0 aliphatic rings. The largest absolute Gasteiger partial charge is 0.490 e. The van der Waals surface area contributed by atoms with Crippen molar-refractivity contribution in [3.63, 3.8) is 0 Å². The first-order chi connectivity index (χ1) is 7.13. The van der Waals surface area contributed by atoms with Crippen LogP contribution in [0.5, 0.6) is 5.75 Å². The van der Waals surface area contributed by atoms with Crippen LogP contribution in [-0.4, -0.2) is 24.4 Å². The summed E-state index contributed by atoms with van der Waals surface area (Å²) in [7, 11) is 0. The van der Waals surface area contributed by atoms with Gasteiger partial charge in [0.1, 0.15) is 5.82 Å². The van der Waals surface area contributed by atoms with Crippen molar-refractivity contribution in [3.05, 3.63) is 29.8 Å². The zero-order chi connectivity index (χ0) is 11.3. The maximum absolute atomic E-state index is 13.0. The molecule has 1 aromatic rings. The molecule has 0 heterocycles. The number of rotatable bonds is 5. The normalized spacial score (nSPS) is 12.5. The van der Waals surface area contributed by atoms with Crippen LogP contribution < -0.4 is 10.5 Å². The number of ether oxygens (including phenoxy) is 1. The molecule has 5 heteroatoms. The van der Waals surface area contributed by atoms with Crippen LogP contribution in [0.2, 0.25) is 0 Å². The number of hydrogen-bond donors (Lipinski definition) is 2. The number of halogens is 2. The lowest BCUT2D eigenvalue weighted by Crippen LogP contribution is -2.26. The highest BCUT2D eigenvalue weighted by atomic mass is 19.1. The van der Waals surface area contributed by atoms with E-state index in [1.807, 2.05) is 0 Å². The van der Waals surface area contributed by atoms with Gasteiger partial charge in [0.25, 0.3) is 0 Å². The van der Waals surface area contributed by atoms with Crippen LogP contribution in [0.3, 0.4) is 0 Å². The Kier molecular flexibility index (Phi) is 4.45. The fraction of sp³-hybridized carbons (Fsp3) is 0.400. The highest BCUT2D eigenvalue weighted by Crippen LogP contribution is 2.17. The van der Waals surface area contributed by atoms with Crippen LogP contribution >= 0.6 is 0 Å². The van der Waals surface area contributed by atoms with Gasteiger partial charge in [0.15, 0.2) is 11.6 Å². The minimum absolute atomic E-state index is 0.139. The van der Waals surface area contributed by atoms with Crippen LogP contribution in [0.25, 0.3) is 0 Å². The third-order valence-electron chi connectivity index (χ3n) is 1.87. The Hall–Kier alpha value is -1.20. The Bertz CT molecular complexity index is 320. The molecule has 0 saturated carbocycles. The van der Waals surface area contributed by atoms with Crippen molar-refractivity contribution in [2.75, 3.05) is 13.2 Å². The molecule has 3 N–H and O–H groups in total. The van der Waals surface area contributed by atoms with Gasteiger partial charge in [0.05, 0.1) is 13.2 Å². The molecule has 0 amide bonds. The van der Waals surface area contributed by atoms with E-state index in [0.29, 0.717) is 6.42 Å². The van der Waals surface area contributed by atoms with Gasteiger partial charge < -0.3 is 15.6 Å². The van der Waals surface area contributed by atoms with E-state index in [4.69, 9.17) is 15.6 Å². The first-order valence-electron chi connectivity index (χ1n) is 4.57. The highest BCUT2D eigenvalue weighted by Gasteiger charge is 2.06. The topological polar surface area (TPSA) is 55.5 Å². The lowest BCUT2D eigenvalue weighted by Gasteiger charge is -2.10. The van der Waals surface area contributed by atoms with E-state index in [2.05, 4.69) is 0 Å². The summed E-state index contributed by atoms with van der Waals surface area (Å²) in [6.45, 7) is -0.0168. The van der Waals surface area contributed by atoms with Gasteiger partial charge in [-0.2, -0.15) is 0 Å². The van der Waals surface area contributed by atoms with Crippen LogP contribution in [0.4, 0.5) is 8.78 Å². The molecule has 0 fully saturated rings. The highest BCUT2D eigenvalue weighted by molar-refractivity contribution is 5.24. The first kappa shape index (κ1) is 11.9. The summed E-state index contributed by atoms with van der Waals surface area (Å²) in [4.78, 5) is 0. The number of aliphatic hydroxyl groups excluding tert-OH is 1. The van der Waals surface area contributed by atoms with E-state index in [1.165, 1.54) is 0 Å². The molecule has 1 aromatic carbocycles. The molecule has 0 saturated heterocycles. The third kappa shape index (κ3) is 3.81. The fourth-order valence-electron chi connectivity index (χ4n) is 0.999. The van der Waals surface area contributed by atoms with Gasteiger partial charge in [0.2, 0.25) is 0 Å². The molecule has 1 rings (SSSR count). The summed E-state index contributed by atoms with van der Waals surface area (Å²) >= 11 is 0. The molecular formula is C10H13F2NO2. The average molecular weight is 217 g/mol. The zero-order valence-corrected chi connectivity index (χ0v) is 8.12. The number of nitrogens with two attached hydrogens (primary N) is 1. The summed E-state index contributed by atoms with van der Waals surface area (Å²) in [5, 5.41) is 8.62. The smallest absolute Gasteiger partial charge is 0.165 e. The second kappa shape index (κ2) is 5.63. The fourth-order valence-corrected chi connectivity index (χ4v) is 0.999. The molecule has 0 aliphatic heterocycles. The van der Waals surface area contributed by atoms with E-state index in [1.54, 1.807) is 0 Å². The summed E-state index contributed by atoms with van der Waals surface area (Å²) in [6.07, 6.45) is 0.381. The standard InChI is InChI=1S/C10H13F2NO2/c11-7-1-2-9(12)10(5-7)15-4-3-8(13)6-14/h1-2,5,8,14H,3-4,6,13H2. The van der Waals surface area contributed by atoms with E-state index in [0.717, 1.165) is 18.2 Å². The molecule has 0 aliphatic carbocycles. The number of aliphatic hydroxyl groups is 1. The molecule has 0 aromatic heterocycles. The molecule has 84 valence electrons. The monoisotopic (exact) mass is 217 g/mol. The Labute approximate surface area is 86.5 Å². The van der Waals surface area contributed by atoms with Gasteiger partial charge in [-0.25, -0.2) is 8.78 Å². The molecule has 3 nitrogen and oxygen atoms in total. The predicted octanol–water partition coefficient (Wildman–Crippen LogP) is 1.05. The quantitative estimate of drug-likeness (QED) is 0.775. The van der Waals surface area contributed by atoms with E-state index in [9.17, 15) is 8.78 Å². The minimum atomic E-state index is -0.617. The lowest BCUT2D eigenvalue weighted by molar-refractivity contribution is 0.226. The molecule has 1 atom stereocenters. The van der Waals surface area contributed by atoms with E-state index >= 15 is 0 Å². The average Bonchev–Trinajstić information content (AvgIpc) is 2.23. The summed E-state index contributed by atoms with van der Waals surface area (Å²) in [5.74, 6) is -1.31. The van der Waals surface area contributed by atoms with E-state index in [-0.39, 0.29) is 19.0 Å². The summed E-state index contributed by atoms with van der Waals surface area (Å²) in [6, 6.07) is 2.58. The predicted molar refractivity (Wildman–Crippen MR) is 51.5 cm³/mol. The van der Waals surface area contributed by atoms with Gasteiger partial charge >= 0.3 is 0 Å². The molecule has 1 unspecified atom stereocenters. The molecule has 0 spiro atoms. The van der Waals surface area contributed by atoms with Crippen molar-refractivity contribution >= 4 is 0 Å². The number of benzene rings is 1. The third-order valence-corrected chi connectivity index (χ3v) is 1.87. The van der Waals surface area contributed by atoms with Crippen molar-refractivity contribution < 1.29 is 18.6 Å². The van der Waals surface area contributed by atoms with Gasteiger partial charge in [-0.3, -0.25) is 0 Å². The van der Waals surface area contributed by atoms with Crippen molar-refractivity contribution in [2.45, 2.75) is 12.5 Å². The Morgan fingerprint density at radius 1 is 1.40 bits per heavy atom. The SMILES string of the molecule is NC(CO)CCOc1cc(F)ccc1F. The van der Waals surface area contributed by atoms with Gasteiger partial charge in [-0.05, 0) is 18.6 Å². The number of hydrogen-bond acceptors (Lipinski definition) is 3. The van der Waals surface area contributed by atoms with Crippen molar-refractivity contribution in [1.29, 1.82) is 0 Å². The second-order valence-electron chi connectivity index (χ2n) is 3.15. The maximum Gasteiger partial charge on any atom is 0.165 e. The lowest BCUT2D eigenvalue weighted by atomic mass is 10.2. The zero-order valence-electron chi connectivity index (χ0n) is 8.12. The minimum Gasteiger partial charge on any atom is -0.490 e. The molecular weight excluding hydrogens is 204 g/mol. The summed E-state index contributed by atoms with van der Waals surface area (Å²) < 4.78 is 30.7. The Morgan fingerprint density at radius 3 is 2.80 bits per heavy atom.